The molecular formula is C20H27N7O. The molecule has 0 N–H and O–H groups in total. The number of aromatic nitrogens is 6. The van der Waals surface area contributed by atoms with Gasteiger partial charge in [-0.25, -0.2) is 0 Å². The summed E-state index contributed by atoms with van der Waals surface area (Å²) in [6, 6.07) is 4.07. The maximum Gasteiger partial charge on any atom is 0.230 e. The van der Waals surface area contributed by atoms with Crippen LogP contribution in [0.3, 0.4) is 0 Å². The monoisotopic (exact) mass is 381 g/mol. The smallest absolute Gasteiger partial charge is 0.230 e. The van der Waals surface area contributed by atoms with Crippen LogP contribution in [0.1, 0.15) is 81.6 Å². The fourth-order valence-corrected chi connectivity index (χ4v) is 3.83. The molecule has 3 aromatic rings. The zero-order valence-electron chi connectivity index (χ0n) is 16.8. The molecule has 1 aliphatic carbocycles. The van der Waals surface area contributed by atoms with Crippen LogP contribution in [0, 0.1) is 0 Å². The van der Waals surface area contributed by atoms with Crippen LogP contribution in [0.25, 0.3) is 5.65 Å². The summed E-state index contributed by atoms with van der Waals surface area (Å²) in [5.74, 6) is 3.43. The van der Waals surface area contributed by atoms with Crippen molar-refractivity contribution in [2.75, 3.05) is 13.1 Å². The fourth-order valence-electron chi connectivity index (χ4n) is 3.83. The quantitative estimate of drug-likeness (QED) is 0.686. The van der Waals surface area contributed by atoms with Gasteiger partial charge in [-0.1, -0.05) is 20.8 Å². The first-order valence-electron chi connectivity index (χ1n) is 10.2. The molecule has 2 aliphatic rings. The van der Waals surface area contributed by atoms with E-state index in [1.807, 2.05) is 10.6 Å². The van der Waals surface area contributed by atoms with E-state index in [2.05, 4.69) is 52.1 Å². The molecule has 3 aromatic heterocycles. The molecule has 148 valence electrons. The average Bonchev–Trinajstić information content (AvgIpc) is 3.27. The van der Waals surface area contributed by atoms with E-state index in [1.54, 1.807) is 0 Å². The van der Waals surface area contributed by atoms with Crippen LogP contribution in [0.2, 0.25) is 0 Å². The van der Waals surface area contributed by atoms with Crippen LogP contribution in [0.15, 0.2) is 16.5 Å². The molecule has 1 aliphatic heterocycles. The highest BCUT2D eigenvalue weighted by Gasteiger charge is 2.30. The Kier molecular flexibility index (Phi) is 4.19. The van der Waals surface area contributed by atoms with Gasteiger partial charge in [-0.2, -0.15) is 9.61 Å². The lowest BCUT2D eigenvalue weighted by atomic mass is 9.92. The maximum absolute atomic E-state index is 5.81. The minimum Gasteiger partial charge on any atom is -0.424 e. The van der Waals surface area contributed by atoms with Crippen LogP contribution < -0.4 is 0 Å². The summed E-state index contributed by atoms with van der Waals surface area (Å²) in [6.45, 7) is 9.24. The summed E-state index contributed by atoms with van der Waals surface area (Å²) in [5.41, 5.74) is 1.88. The lowest BCUT2D eigenvalue weighted by Crippen LogP contribution is -2.33. The van der Waals surface area contributed by atoms with Crippen molar-refractivity contribution >= 4 is 5.65 Å². The molecular weight excluding hydrogens is 354 g/mol. The third-order valence-electron chi connectivity index (χ3n) is 5.78. The fraction of sp³-hybridized carbons (Fsp3) is 0.650. The Labute approximate surface area is 164 Å². The summed E-state index contributed by atoms with van der Waals surface area (Å²) in [7, 11) is 0. The predicted octanol–water partition coefficient (Wildman–Crippen LogP) is 3.06. The first kappa shape index (κ1) is 17.7. The van der Waals surface area contributed by atoms with Gasteiger partial charge < -0.3 is 4.42 Å². The predicted molar refractivity (Wildman–Crippen MR) is 103 cm³/mol. The second-order valence-corrected chi connectivity index (χ2v) is 9.16. The topological polar surface area (TPSA) is 85.2 Å². The van der Waals surface area contributed by atoms with Gasteiger partial charge >= 0.3 is 0 Å². The highest BCUT2D eigenvalue weighted by molar-refractivity contribution is 5.37. The molecule has 0 bridgehead atoms. The zero-order chi connectivity index (χ0) is 19.3. The molecule has 8 heteroatoms. The lowest BCUT2D eigenvalue weighted by Gasteiger charge is -2.30. The van der Waals surface area contributed by atoms with Crippen LogP contribution in [0.5, 0.6) is 0 Å². The largest absolute Gasteiger partial charge is 0.424 e. The SMILES string of the molecule is CC(C)(C)c1ccc2nnc(C3CCN(Cc4nnc(C5CC5)o4)CC3)n2n1. The van der Waals surface area contributed by atoms with E-state index in [9.17, 15) is 0 Å². The Morgan fingerprint density at radius 3 is 2.46 bits per heavy atom. The molecule has 28 heavy (non-hydrogen) atoms. The van der Waals surface area contributed by atoms with Gasteiger partial charge in [0.1, 0.15) is 0 Å². The Morgan fingerprint density at radius 1 is 0.964 bits per heavy atom. The van der Waals surface area contributed by atoms with Gasteiger partial charge in [-0.05, 0) is 50.9 Å². The molecule has 0 spiro atoms. The Hall–Kier alpha value is -2.35. The Morgan fingerprint density at radius 2 is 1.75 bits per heavy atom. The van der Waals surface area contributed by atoms with Gasteiger partial charge in [0.15, 0.2) is 11.5 Å². The minimum absolute atomic E-state index is 0.00247. The third-order valence-corrected chi connectivity index (χ3v) is 5.78. The molecule has 0 radical (unpaired) electrons. The van der Waals surface area contributed by atoms with Crippen molar-refractivity contribution in [3.63, 3.8) is 0 Å². The molecule has 4 heterocycles. The van der Waals surface area contributed by atoms with E-state index in [4.69, 9.17) is 9.52 Å². The summed E-state index contributed by atoms with van der Waals surface area (Å²) in [6.07, 6.45) is 4.44. The molecule has 0 atom stereocenters. The van der Waals surface area contributed by atoms with E-state index in [0.717, 1.165) is 61.4 Å². The van der Waals surface area contributed by atoms with Gasteiger partial charge in [0.05, 0.1) is 12.2 Å². The Bertz CT molecular complexity index is 974. The number of nitrogens with zero attached hydrogens (tertiary/aromatic N) is 7. The second kappa shape index (κ2) is 6.62. The van der Waals surface area contributed by atoms with E-state index in [0.29, 0.717) is 11.8 Å². The molecule has 8 nitrogen and oxygen atoms in total. The van der Waals surface area contributed by atoms with Crippen molar-refractivity contribution < 1.29 is 4.42 Å². The van der Waals surface area contributed by atoms with Gasteiger partial charge in [-0.15, -0.1) is 20.4 Å². The maximum atomic E-state index is 5.81. The van der Waals surface area contributed by atoms with Gasteiger partial charge in [0.2, 0.25) is 11.8 Å². The van der Waals surface area contributed by atoms with E-state index < -0.39 is 0 Å². The van der Waals surface area contributed by atoms with E-state index in [1.165, 1.54) is 12.8 Å². The number of likely N-dealkylation sites (tertiary alicyclic amines) is 1. The number of fused-ring (bicyclic) bond motifs is 1. The van der Waals surface area contributed by atoms with Gasteiger partial charge in [0, 0.05) is 17.3 Å². The van der Waals surface area contributed by atoms with Crippen molar-refractivity contribution in [2.24, 2.45) is 0 Å². The average molecular weight is 381 g/mol. The molecule has 2 fully saturated rings. The van der Waals surface area contributed by atoms with Crippen molar-refractivity contribution in [1.82, 2.24) is 34.9 Å². The van der Waals surface area contributed by atoms with Gasteiger partial charge in [-0.3, -0.25) is 4.90 Å². The van der Waals surface area contributed by atoms with Crippen molar-refractivity contribution in [3.8, 4) is 0 Å². The van der Waals surface area contributed by atoms with Crippen molar-refractivity contribution in [2.45, 2.75) is 70.3 Å². The summed E-state index contributed by atoms with van der Waals surface area (Å²) >= 11 is 0. The van der Waals surface area contributed by atoms with Crippen molar-refractivity contribution in [1.29, 1.82) is 0 Å². The highest BCUT2D eigenvalue weighted by atomic mass is 16.4. The molecule has 1 saturated carbocycles. The normalized spacial score (nSPS) is 19.5. The number of hydrogen-bond acceptors (Lipinski definition) is 7. The lowest BCUT2D eigenvalue weighted by molar-refractivity contribution is 0.183. The molecule has 0 amide bonds. The van der Waals surface area contributed by atoms with E-state index >= 15 is 0 Å². The summed E-state index contributed by atoms with van der Waals surface area (Å²) < 4.78 is 7.76. The summed E-state index contributed by atoms with van der Waals surface area (Å²) in [4.78, 5) is 2.39. The second-order valence-electron chi connectivity index (χ2n) is 9.16. The first-order chi connectivity index (χ1) is 13.5. The van der Waals surface area contributed by atoms with Crippen molar-refractivity contribution in [3.05, 3.63) is 35.4 Å². The minimum atomic E-state index is 0.00247. The van der Waals surface area contributed by atoms with Crippen LogP contribution in [-0.2, 0) is 12.0 Å². The number of piperidine rings is 1. The Balaban J connectivity index is 1.27. The van der Waals surface area contributed by atoms with Crippen LogP contribution >= 0.6 is 0 Å². The zero-order valence-corrected chi connectivity index (χ0v) is 16.8. The molecule has 1 saturated heterocycles. The summed E-state index contributed by atoms with van der Waals surface area (Å²) in [5, 5.41) is 22.1. The van der Waals surface area contributed by atoms with Crippen LogP contribution in [-0.4, -0.2) is 48.0 Å². The number of rotatable bonds is 4. The third kappa shape index (κ3) is 3.41. The standard InChI is InChI=1S/C20H27N7O/c1-20(2,3)15-6-7-16-21-23-18(27(16)25-15)13-8-10-26(11-9-13)12-17-22-24-19(28-17)14-4-5-14/h6-7,13-14H,4-5,8-12H2,1-3H3. The highest BCUT2D eigenvalue weighted by Crippen LogP contribution is 2.39. The first-order valence-corrected chi connectivity index (χ1v) is 10.2. The van der Waals surface area contributed by atoms with E-state index in [-0.39, 0.29) is 5.41 Å². The molecule has 5 rings (SSSR count). The van der Waals surface area contributed by atoms with Gasteiger partial charge in [0.25, 0.3) is 0 Å². The number of hydrogen-bond donors (Lipinski definition) is 0. The van der Waals surface area contributed by atoms with Crippen LogP contribution in [0.4, 0.5) is 0 Å². The molecule has 0 aromatic carbocycles. The molecule has 0 unspecified atom stereocenters.